The van der Waals surface area contributed by atoms with Crippen molar-refractivity contribution in [1.82, 2.24) is 4.57 Å². The number of ether oxygens (including phenoxy) is 2. The summed E-state index contributed by atoms with van der Waals surface area (Å²) in [5.41, 5.74) is 1.46. The SMILES string of the molecule is COc1ccc(OC)c2c1sc(=NC(=O)c1ccccc1SC)n2C. The fraction of sp³-hybridized carbons (Fsp3) is 0.222. The van der Waals surface area contributed by atoms with Crippen LogP contribution in [0.15, 0.2) is 46.3 Å². The minimum absolute atomic E-state index is 0.259. The monoisotopic (exact) mass is 374 g/mol. The predicted molar refractivity (Wildman–Crippen MR) is 102 cm³/mol. The Morgan fingerprint density at radius 2 is 1.80 bits per heavy atom. The van der Waals surface area contributed by atoms with Gasteiger partial charge >= 0.3 is 0 Å². The number of hydrogen-bond acceptors (Lipinski definition) is 5. The minimum atomic E-state index is -0.259. The van der Waals surface area contributed by atoms with Crippen molar-refractivity contribution >= 4 is 39.2 Å². The molecular formula is C18H18N2O3S2. The van der Waals surface area contributed by atoms with E-state index in [2.05, 4.69) is 4.99 Å². The van der Waals surface area contributed by atoms with E-state index in [1.807, 2.05) is 48.2 Å². The third-order valence-corrected chi connectivity index (χ3v) is 5.79. The number of fused-ring (bicyclic) bond motifs is 1. The van der Waals surface area contributed by atoms with Crippen LogP contribution in [-0.2, 0) is 7.05 Å². The van der Waals surface area contributed by atoms with Crippen LogP contribution in [0.25, 0.3) is 10.2 Å². The number of rotatable bonds is 4. The molecule has 0 unspecified atom stereocenters. The lowest BCUT2D eigenvalue weighted by atomic mass is 10.2. The normalized spacial score (nSPS) is 11.8. The molecule has 0 atom stereocenters. The highest BCUT2D eigenvalue weighted by molar-refractivity contribution is 7.98. The van der Waals surface area contributed by atoms with Gasteiger partial charge in [0.05, 0.1) is 19.8 Å². The molecule has 0 spiro atoms. The maximum atomic E-state index is 12.7. The quantitative estimate of drug-likeness (QED) is 0.653. The molecule has 0 saturated heterocycles. The van der Waals surface area contributed by atoms with E-state index in [9.17, 15) is 4.79 Å². The summed E-state index contributed by atoms with van der Waals surface area (Å²) in [4.78, 5) is 18.5. The van der Waals surface area contributed by atoms with Gasteiger partial charge in [0.1, 0.15) is 21.7 Å². The molecule has 0 bridgehead atoms. The Bertz CT molecular complexity index is 1010. The fourth-order valence-corrected chi connectivity index (χ4v) is 4.31. The van der Waals surface area contributed by atoms with Gasteiger partial charge in [0.15, 0.2) is 4.80 Å². The smallest absolute Gasteiger partial charge is 0.280 e. The van der Waals surface area contributed by atoms with E-state index in [1.165, 1.54) is 23.1 Å². The number of benzene rings is 2. The number of aryl methyl sites for hydroxylation is 1. The molecule has 0 aliphatic heterocycles. The first-order chi connectivity index (χ1) is 12.1. The van der Waals surface area contributed by atoms with Gasteiger partial charge in [-0.3, -0.25) is 4.79 Å². The molecule has 0 fully saturated rings. The van der Waals surface area contributed by atoms with Gasteiger partial charge < -0.3 is 14.0 Å². The van der Waals surface area contributed by atoms with Crippen LogP contribution in [0.2, 0.25) is 0 Å². The minimum Gasteiger partial charge on any atom is -0.495 e. The number of aromatic nitrogens is 1. The molecule has 1 amide bonds. The molecule has 3 rings (SSSR count). The van der Waals surface area contributed by atoms with E-state index < -0.39 is 0 Å². The molecular weight excluding hydrogens is 356 g/mol. The van der Waals surface area contributed by atoms with Gasteiger partial charge in [0, 0.05) is 11.9 Å². The zero-order valence-corrected chi connectivity index (χ0v) is 16.0. The third-order valence-electron chi connectivity index (χ3n) is 3.85. The van der Waals surface area contributed by atoms with Crippen LogP contribution in [0.5, 0.6) is 11.5 Å². The Kier molecular flexibility index (Phi) is 5.15. The lowest BCUT2D eigenvalue weighted by Crippen LogP contribution is -2.14. The molecule has 7 heteroatoms. The molecule has 5 nitrogen and oxygen atoms in total. The Hall–Kier alpha value is -2.25. The van der Waals surface area contributed by atoms with Crippen molar-refractivity contribution in [2.45, 2.75) is 4.90 Å². The summed E-state index contributed by atoms with van der Waals surface area (Å²) in [5.74, 6) is 1.19. The van der Waals surface area contributed by atoms with Crippen LogP contribution >= 0.6 is 23.1 Å². The third kappa shape index (κ3) is 3.17. The first-order valence-electron chi connectivity index (χ1n) is 7.53. The number of methoxy groups -OCH3 is 2. The highest BCUT2D eigenvalue weighted by Crippen LogP contribution is 2.34. The number of nitrogens with zero attached hydrogens (tertiary/aromatic N) is 2. The Morgan fingerprint density at radius 3 is 2.48 bits per heavy atom. The Balaban J connectivity index is 2.20. The van der Waals surface area contributed by atoms with E-state index in [-0.39, 0.29) is 5.91 Å². The van der Waals surface area contributed by atoms with Gasteiger partial charge in [-0.05, 0) is 30.5 Å². The summed E-state index contributed by atoms with van der Waals surface area (Å²) < 4.78 is 13.6. The Morgan fingerprint density at radius 1 is 1.12 bits per heavy atom. The second-order valence-electron chi connectivity index (χ2n) is 5.21. The second kappa shape index (κ2) is 7.33. The van der Waals surface area contributed by atoms with Crippen molar-refractivity contribution in [1.29, 1.82) is 0 Å². The summed E-state index contributed by atoms with van der Waals surface area (Å²) >= 11 is 2.94. The van der Waals surface area contributed by atoms with Gasteiger partial charge in [-0.2, -0.15) is 4.99 Å². The molecule has 0 radical (unpaired) electrons. The average Bonchev–Trinajstić information content (AvgIpc) is 2.97. The van der Waals surface area contributed by atoms with Gasteiger partial charge in [-0.15, -0.1) is 11.8 Å². The summed E-state index contributed by atoms with van der Waals surface area (Å²) in [6.07, 6.45) is 1.95. The Labute approximate surface area is 153 Å². The van der Waals surface area contributed by atoms with Crippen molar-refractivity contribution in [2.24, 2.45) is 12.0 Å². The van der Waals surface area contributed by atoms with Crippen molar-refractivity contribution in [3.63, 3.8) is 0 Å². The van der Waals surface area contributed by atoms with Crippen molar-refractivity contribution in [2.75, 3.05) is 20.5 Å². The summed E-state index contributed by atoms with van der Waals surface area (Å²) in [6.45, 7) is 0. The maximum Gasteiger partial charge on any atom is 0.280 e. The molecule has 0 saturated carbocycles. The topological polar surface area (TPSA) is 52.8 Å². The van der Waals surface area contributed by atoms with E-state index in [0.717, 1.165) is 20.9 Å². The van der Waals surface area contributed by atoms with Crippen LogP contribution in [0.1, 0.15) is 10.4 Å². The number of carbonyl (C=O) groups is 1. The summed E-state index contributed by atoms with van der Waals surface area (Å²) in [5, 5.41) is 0. The lowest BCUT2D eigenvalue weighted by Gasteiger charge is -2.06. The highest BCUT2D eigenvalue weighted by atomic mass is 32.2. The van der Waals surface area contributed by atoms with Crippen LogP contribution in [-0.4, -0.2) is 30.9 Å². The summed E-state index contributed by atoms with van der Waals surface area (Å²) in [6, 6.07) is 11.2. The van der Waals surface area contributed by atoms with E-state index in [0.29, 0.717) is 16.1 Å². The maximum absolute atomic E-state index is 12.7. The van der Waals surface area contributed by atoms with E-state index >= 15 is 0 Å². The van der Waals surface area contributed by atoms with Gasteiger partial charge in [0.25, 0.3) is 5.91 Å². The number of carbonyl (C=O) groups excluding carboxylic acids is 1. The second-order valence-corrected chi connectivity index (χ2v) is 7.03. The molecule has 2 aromatic carbocycles. The molecule has 1 aromatic heterocycles. The van der Waals surface area contributed by atoms with Crippen molar-refractivity contribution < 1.29 is 14.3 Å². The number of thiazole rings is 1. The largest absolute Gasteiger partial charge is 0.495 e. The zero-order valence-electron chi connectivity index (χ0n) is 14.4. The number of amides is 1. The molecule has 1 heterocycles. The summed E-state index contributed by atoms with van der Waals surface area (Å²) in [7, 11) is 5.11. The van der Waals surface area contributed by atoms with Gasteiger partial charge in [-0.1, -0.05) is 23.5 Å². The first-order valence-corrected chi connectivity index (χ1v) is 9.57. The van der Waals surface area contributed by atoms with Gasteiger partial charge in [-0.25, -0.2) is 0 Å². The molecule has 0 aliphatic rings. The molecule has 0 aliphatic carbocycles. The van der Waals surface area contributed by atoms with Crippen molar-refractivity contribution in [3.05, 3.63) is 46.8 Å². The van der Waals surface area contributed by atoms with Crippen LogP contribution in [0.4, 0.5) is 0 Å². The fourth-order valence-electron chi connectivity index (χ4n) is 2.60. The van der Waals surface area contributed by atoms with E-state index in [4.69, 9.17) is 9.47 Å². The molecule has 25 heavy (non-hydrogen) atoms. The highest BCUT2D eigenvalue weighted by Gasteiger charge is 2.15. The molecule has 3 aromatic rings. The molecule has 0 N–H and O–H groups in total. The predicted octanol–water partition coefficient (Wildman–Crippen LogP) is 3.72. The van der Waals surface area contributed by atoms with Crippen LogP contribution < -0.4 is 14.3 Å². The van der Waals surface area contributed by atoms with Gasteiger partial charge in [0.2, 0.25) is 0 Å². The number of thioether (sulfide) groups is 1. The van der Waals surface area contributed by atoms with E-state index in [1.54, 1.807) is 20.3 Å². The standard InChI is InChI=1S/C18H18N2O3S2/c1-20-15-12(22-2)9-10-13(23-3)16(15)25-18(20)19-17(21)11-7-5-6-8-14(11)24-4/h5-10H,1-4H3. The lowest BCUT2D eigenvalue weighted by molar-refractivity contribution is 0.0995. The van der Waals surface area contributed by atoms with Crippen LogP contribution in [0.3, 0.4) is 0 Å². The van der Waals surface area contributed by atoms with Crippen molar-refractivity contribution in [3.8, 4) is 11.5 Å². The average molecular weight is 374 g/mol. The number of hydrogen-bond donors (Lipinski definition) is 0. The first kappa shape index (κ1) is 17.6. The molecule has 130 valence electrons. The van der Waals surface area contributed by atoms with Crippen LogP contribution in [0, 0.1) is 0 Å². The zero-order chi connectivity index (χ0) is 18.0.